The summed E-state index contributed by atoms with van der Waals surface area (Å²) in [7, 11) is 0. The Bertz CT molecular complexity index is 939. The van der Waals surface area contributed by atoms with E-state index in [1.807, 2.05) is 48.5 Å². The molecule has 0 atom stereocenters. The summed E-state index contributed by atoms with van der Waals surface area (Å²) in [6.07, 6.45) is 6.09. The first-order valence-corrected chi connectivity index (χ1v) is 15.2. The van der Waals surface area contributed by atoms with Crippen molar-refractivity contribution in [2.24, 2.45) is 0 Å². The highest BCUT2D eigenvalue weighted by Gasteiger charge is 2.34. The van der Waals surface area contributed by atoms with Gasteiger partial charge in [0.15, 0.2) is 23.0 Å². The van der Waals surface area contributed by atoms with E-state index in [9.17, 15) is 0 Å². The number of ether oxygens (including phenoxy) is 6. The Morgan fingerprint density at radius 2 is 1.20 bits per heavy atom. The largest absolute Gasteiger partial charge is 0.487 e. The molecule has 1 heterocycles. The van der Waals surface area contributed by atoms with Gasteiger partial charge in [-0.05, 0) is 43.5 Å². The molecular formula is C32H47NO6S. The molecule has 0 saturated carbocycles. The molecule has 40 heavy (non-hydrogen) atoms. The van der Waals surface area contributed by atoms with Gasteiger partial charge in [-0.25, -0.2) is 0 Å². The molecule has 2 aromatic carbocycles. The van der Waals surface area contributed by atoms with Gasteiger partial charge >= 0.3 is 0 Å². The van der Waals surface area contributed by atoms with Gasteiger partial charge in [-0.2, -0.15) is 0 Å². The molecule has 0 amide bonds. The second-order valence-corrected chi connectivity index (χ2v) is 10.6. The molecule has 0 radical (unpaired) electrons. The normalized spacial score (nSPS) is 15.8. The molecule has 0 saturated heterocycles. The van der Waals surface area contributed by atoms with Crippen LogP contribution >= 0.6 is 12.2 Å². The standard InChI is InChI=1S/C32H47NO6S/c1-4-7-18-33(19-8-5-2)31(40)24-39-32(17-6-3)25-37-29-15-11-9-13-27(29)35-22-20-34-21-23-36-28-14-10-12-16-30(28)38-26-32/h9-16H,4-8,17-26H2,1-3H3. The summed E-state index contributed by atoms with van der Waals surface area (Å²) in [4.78, 5) is 3.13. The van der Waals surface area contributed by atoms with E-state index in [2.05, 4.69) is 25.7 Å². The van der Waals surface area contributed by atoms with Crippen molar-refractivity contribution in [2.75, 3.05) is 59.3 Å². The quantitative estimate of drug-likeness (QED) is 0.275. The van der Waals surface area contributed by atoms with Crippen LogP contribution in [0.25, 0.3) is 0 Å². The molecule has 1 aliphatic rings. The van der Waals surface area contributed by atoms with Gasteiger partial charge in [0.05, 0.1) is 19.8 Å². The predicted molar refractivity (Wildman–Crippen MR) is 163 cm³/mol. The van der Waals surface area contributed by atoms with Crippen molar-refractivity contribution >= 4 is 17.2 Å². The third kappa shape index (κ3) is 10.5. The summed E-state index contributed by atoms with van der Waals surface area (Å²) >= 11 is 5.91. The summed E-state index contributed by atoms with van der Waals surface area (Å²) in [5.41, 5.74) is -0.736. The maximum Gasteiger partial charge on any atom is 0.161 e. The molecule has 0 unspecified atom stereocenters. The summed E-state index contributed by atoms with van der Waals surface area (Å²) in [6.45, 7) is 11.1. The maximum absolute atomic E-state index is 6.71. The van der Waals surface area contributed by atoms with Gasteiger partial charge in [0.1, 0.15) is 37.0 Å². The first-order chi connectivity index (χ1) is 19.6. The van der Waals surface area contributed by atoms with Crippen LogP contribution < -0.4 is 18.9 Å². The zero-order valence-electron chi connectivity index (χ0n) is 24.5. The van der Waals surface area contributed by atoms with E-state index >= 15 is 0 Å². The minimum atomic E-state index is -0.736. The lowest BCUT2D eigenvalue weighted by Gasteiger charge is -2.35. The van der Waals surface area contributed by atoms with Crippen LogP contribution in [0.3, 0.4) is 0 Å². The SMILES string of the molecule is CCCCN(CCCC)C(=S)COC1(CCC)COc2ccccc2OCCOCCOc2ccccc2OC1. The van der Waals surface area contributed by atoms with Crippen LogP contribution in [0.15, 0.2) is 48.5 Å². The lowest BCUT2D eigenvalue weighted by atomic mass is 9.99. The number of benzene rings is 2. The molecule has 0 aliphatic carbocycles. The van der Waals surface area contributed by atoms with Gasteiger partial charge in [-0.15, -0.1) is 0 Å². The molecule has 8 heteroatoms. The molecular weight excluding hydrogens is 526 g/mol. The molecule has 0 bridgehead atoms. The first-order valence-electron chi connectivity index (χ1n) is 14.8. The Hall–Kier alpha value is -2.55. The molecule has 0 fully saturated rings. The molecule has 222 valence electrons. The topological polar surface area (TPSA) is 58.6 Å². The van der Waals surface area contributed by atoms with Gasteiger partial charge in [0.25, 0.3) is 0 Å². The number of rotatable bonds is 11. The Morgan fingerprint density at radius 1 is 0.725 bits per heavy atom. The Labute approximate surface area is 246 Å². The van der Waals surface area contributed by atoms with Crippen LogP contribution in [0.5, 0.6) is 23.0 Å². The highest BCUT2D eigenvalue weighted by atomic mass is 32.1. The second kappa shape index (κ2) is 18.0. The molecule has 0 spiro atoms. The Morgan fingerprint density at radius 3 is 1.65 bits per heavy atom. The third-order valence-electron chi connectivity index (χ3n) is 6.77. The smallest absolute Gasteiger partial charge is 0.161 e. The van der Waals surface area contributed by atoms with Gasteiger partial charge in [0, 0.05) is 13.1 Å². The fourth-order valence-electron chi connectivity index (χ4n) is 4.48. The van der Waals surface area contributed by atoms with Crippen LogP contribution in [0, 0.1) is 0 Å². The fraction of sp³-hybridized carbons (Fsp3) is 0.594. The summed E-state index contributed by atoms with van der Waals surface area (Å²) in [5, 5.41) is 0. The number of hydrogen-bond acceptors (Lipinski definition) is 7. The van der Waals surface area contributed by atoms with Gasteiger partial charge in [-0.3, -0.25) is 0 Å². The van der Waals surface area contributed by atoms with Crippen LogP contribution in [-0.2, 0) is 9.47 Å². The minimum Gasteiger partial charge on any atom is -0.487 e. The zero-order valence-corrected chi connectivity index (χ0v) is 25.3. The number of fused-ring (bicyclic) bond motifs is 2. The van der Waals surface area contributed by atoms with E-state index in [1.165, 1.54) is 0 Å². The van der Waals surface area contributed by atoms with E-state index in [1.54, 1.807) is 0 Å². The minimum absolute atomic E-state index is 0.285. The van der Waals surface area contributed by atoms with E-state index < -0.39 is 5.60 Å². The van der Waals surface area contributed by atoms with E-state index in [0.29, 0.717) is 56.0 Å². The average Bonchev–Trinajstić information content (AvgIpc) is 2.98. The van der Waals surface area contributed by atoms with Gasteiger partial charge in [0.2, 0.25) is 0 Å². The molecule has 0 N–H and O–H groups in total. The molecule has 3 rings (SSSR count). The van der Waals surface area contributed by atoms with Crippen molar-refractivity contribution in [2.45, 2.75) is 64.9 Å². The summed E-state index contributed by atoms with van der Waals surface area (Å²) in [5.74, 6) is 2.67. The number of nitrogens with zero attached hydrogens (tertiary/aromatic N) is 1. The van der Waals surface area contributed by atoms with Crippen molar-refractivity contribution in [1.82, 2.24) is 4.90 Å². The maximum atomic E-state index is 6.71. The van der Waals surface area contributed by atoms with Crippen molar-refractivity contribution in [1.29, 1.82) is 0 Å². The summed E-state index contributed by atoms with van der Waals surface area (Å²) < 4.78 is 37.2. The van der Waals surface area contributed by atoms with Crippen LogP contribution in [0.4, 0.5) is 0 Å². The fourth-order valence-corrected chi connectivity index (χ4v) is 4.72. The highest BCUT2D eigenvalue weighted by molar-refractivity contribution is 7.80. The highest BCUT2D eigenvalue weighted by Crippen LogP contribution is 2.32. The van der Waals surface area contributed by atoms with E-state index in [4.69, 9.17) is 40.6 Å². The van der Waals surface area contributed by atoms with E-state index in [0.717, 1.165) is 56.6 Å². The monoisotopic (exact) mass is 573 g/mol. The third-order valence-corrected chi connectivity index (χ3v) is 7.15. The lowest BCUT2D eigenvalue weighted by molar-refractivity contribution is -0.0905. The number of thiocarbonyl (C=S) groups is 1. The number of hydrogen-bond donors (Lipinski definition) is 0. The first kappa shape index (κ1) is 32.0. The predicted octanol–water partition coefficient (Wildman–Crippen LogP) is 6.72. The molecule has 2 aromatic rings. The van der Waals surface area contributed by atoms with Crippen molar-refractivity contribution in [3.63, 3.8) is 0 Å². The summed E-state index contributed by atoms with van der Waals surface area (Å²) in [6, 6.07) is 15.4. The number of unbranched alkanes of at least 4 members (excludes halogenated alkanes) is 2. The van der Waals surface area contributed by atoms with Crippen LogP contribution in [0.1, 0.15) is 59.3 Å². The van der Waals surface area contributed by atoms with Crippen LogP contribution in [0.2, 0.25) is 0 Å². The zero-order chi connectivity index (χ0) is 28.5. The molecule has 0 aromatic heterocycles. The lowest BCUT2D eigenvalue weighted by Crippen LogP contribution is -2.47. The van der Waals surface area contributed by atoms with Crippen LogP contribution in [-0.4, -0.2) is 74.8 Å². The van der Waals surface area contributed by atoms with E-state index in [-0.39, 0.29) is 13.2 Å². The van der Waals surface area contributed by atoms with Crippen molar-refractivity contribution < 1.29 is 28.4 Å². The molecule has 7 nitrogen and oxygen atoms in total. The van der Waals surface area contributed by atoms with Gasteiger partial charge < -0.3 is 33.3 Å². The average molecular weight is 574 g/mol. The second-order valence-electron chi connectivity index (χ2n) is 10.1. The Kier molecular flexibility index (Phi) is 14.4. The van der Waals surface area contributed by atoms with Gasteiger partial charge in [-0.1, -0.05) is 76.5 Å². The van der Waals surface area contributed by atoms with Crippen molar-refractivity contribution in [3.05, 3.63) is 48.5 Å². The molecule has 1 aliphatic heterocycles. The number of para-hydroxylation sites is 4. The Balaban J connectivity index is 1.85. The van der Waals surface area contributed by atoms with Crippen molar-refractivity contribution in [3.8, 4) is 23.0 Å².